The first-order chi connectivity index (χ1) is 15.3. The second kappa shape index (κ2) is 10.6. The molecule has 2 aromatic carbocycles. The minimum atomic E-state index is -0.377. The van der Waals surface area contributed by atoms with Crippen molar-refractivity contribution >= 4 is 45.3 Å². The van der Waals surface area contributed by atoms with Crippen LogP contribution in [0.2, 0.25) is 0 Å². The lowest BCUT2D eigenvalue weighted by Gasteiger charge is -2.03. The van der Waals surface area contributed by atoms with Crippen molar-refractivity contribution in [2.45, 2.75) is 23.6 Å². The number of hydrogen-bond acceptors (Lipinski definition) is 6. The van der Waals surface area contributed by atoms with E-state index in [9.17, 15) is 19.2 Å². The van der Waals surface area contributed by atoms with Crippen molar-refractivity contribution in [1.82, 2.24) is 0 Å². The van der Waals surface area contributed by atoms with E-state index in [4.69, 9.17) is 0 Å². The van der Waals surface area contributed by atoms with Gasteiger partial charge in [0.05, 0.1) is 11.1 Å². The van der Waals surface area contributed by atoms with Crippen molar-refractivity contribution in [2.75, 3.05) is 0 Å². The summed E-state index contributed by atoms with van der Waals surface area (Å²) in [6.45, 7) is 2.99. The molecule has 3 rings (SSSR count). The Morgan fingerprint density at radius 3 is 1.25 bits per heavy atom. The van der Waals surface area contributed by atoms with Gasteiger partial charge in [0.1, 0.15) is 0 Å². The van der Waals surface area contributed by atoms with Crippen LogP contribution < -0.4 is 0 Å². The topological polar surface area (TPSA) is 68.3 Å². The van der Waals surface area contributed by atoms with Gasteiger partial charge in [0, 0.05) is 46.9 Å². The minimum absolute atomic E-state index is 0.00463. The van der Waals surface area contributed by atoms with Gasteiger partial charge >= 0.3 is 0 Å². The van der Waals surface area contributed by atoms with Gasteiger partial charge in [-0.3, -0.25) is 19.2 Å². The molecule has 32 heavy (non-hydrogen) atoms. The summed E-state index contributed by atoms with van der Waals surface area (Å²) in [5.41, 5.74) is 1.54. The standard InChI is InChI=1S/C26H16O4S2/c1-17(27)31-23-11-5-19(6-12-23)3-9-21-15-26(30)22(16-25(21)29)10-4-20-7-13-24(14-8-20)32-18(2)28/h5-8,11-16H,1-2H3. The number of thioether (sulfide) groups is 2. The quantitative estimate of drug-likeness (QED) is 0.380. The number of rotatable bonds is 2. The molecule has 0 spiro atoms. The van der Waals surface area contributed by atoms with Crippen LogP contribution in [0.5, 0.6) is 0 Å². The molecule has 0 aliphatic heterocycles. The lowest BCUT2D eigenvalue weighted by molar-refractivity contribution is -0.114. The smallest absolute Gasteiger partial charge is 0.195 e. The van der Waals surface area contributed by atoms with Crippen molar-refractivity contribution in [1.29, 1.82) is 0 Å². The monoisotopic (exact) mass is 456 g/mol. The van der Waals surface area contributed by atoms with Crippen LogP contribution in [0.1, 0.15) is 25.0 Å². The zero-order chi connectivity index (χ0) is 23.1. The average Bonchev–Trinajstić information content (AvgIpc) is 2.74. The normalized spacial score (nSPS) is 12.6. The summed E-state index contributed by atoms with van der Waals surface area (Å²) < 4.78 is 0. The van der Waals surface area contributed by atoms with Crippen LogP contribution in [0.15, 0.2) is 81.6 Å². The van der Waals surface area contributed by atoms with E-state index in [-0.39, 0.29) is 32.9 Å². The summed E-state index contributed by atoms with van der Waals surface area (Å²) in [6.07, 6.45) is 2.40. The van der Waals surface area contributed by atoms with E-state index in [2.05, 4.69) is 23.7 Å². The van der Waals surface area contributed by atoms with Gasteiger partial charge in [-0.15, -0.1) is 0 Å². The fourth-order valence-electron chi connectivity index (χ4n) is 2.58. The predicted octanol–water partition coefficient (Wildman–Crippen LogP) is 4.37. The van der Waals surface area contributed by atoms with E-state index < -0.39 is 0 Å². The fraction of sp³-hybridized carbons (Fsp3) is 0.0769. The maximum atomic E-state index is 12.4. The molecule has 1 aliphatic carbocycles. The molecule has 6 heteroatoms. The Labute approximate surface area is 194 Å². The maximum absolute atomic E-state index is 12.4. The molecule has 0 saturated heterocycles. The van der Waals surface area contributed by atoms with Gasteiger partial charge in [0.15, 0.2) is 21.8 Å². The van der Waals surface area contributed by atoms with Crippen molar-refractivity contribution in [2.24, 2.45) is 0 Å². The molecule has 0 fully saturated rings. The molecule has 0 N–H and O–H groups in total. The van der Waals surface area contributed by atoms with Crippen molar-refractivity contribution in [3.8, 4) is 23.7 Å². The van der Waals surface area contributed by atoms with Crippen LogP contribution in [0, 0.1) is 23.7 Å². The molecular weight excluding hydrogens is 440 g/mol. The highest BCUT2D eigenvalue weighted by molar-refractivity contribution is 8.13. The molecule has 0 atom stereocenters. The van der Waals surface area contributed by atoms with Crippen molar-refractivity contribution in [3.05, 3.63) is 83.0 Å². The third kappa shape index (κ3) is 6.72. The molecule has 0 heterocycles. The third-order valence-corrected chi connectivity index (χ3v) is 5.59. The van der Waals surface area contributed by atoms with Gasteiger partial charge in [-0.2, -0.15) is 0 Å². The van der Waals surface area contributed by atoms with Crippen LogP contribution >= 0.6 is 23.5 Å². The Kier molecular flexibility index (Phi) is 7.68. The highest BCUT2D eigenvalue weighted by atomic mass is 32.2. The van der Waals surface area contributed by atoms with Crippen LogP contribution in [0.25, 0.3) is 0 Å². The summed E-state index contributed by atoms with van der Waals surface area (Å²) in [7, 11) is 0. The Hall–Kier alpha value is -3.58. The fourth-order valence-corrected chi connectivity index (χ4v) is 3.79. The van der Waals surface area contributed by atoms with Gasteiger partial charge in [-0.05, 0) is 48.5 Å². The first-order valence-corrected chi connectivity index (χ1v) is 11.1. The van der Waals surface area contributed by atoms with E-state index in [1.807, 2.05) is 0 Å². The number of allylic oxidation sites excluding steroid dienone is 4. The van der Waals surface area contributed by atoms with Gasteiger partial charge in [0.2, 0.25) is 0 Å². The Morgan fingerprint density at radius 2 is 0.938 bits per heavy atom. The maximum Gasteiger partial charge on any atom is 0.195 e. The first kappa shape index (κ1) is 23.1. The summed E-state index contributed by atoms with van der Waals surface area (Å²) in [4.78, 5) is 48.6. The van der Waals surface area contributed by atoms with Gasteiger partial charge in [-0.1, -0.05) is 47.2 Å². The average molecular weight is 457 g/mol. The molecule has 0 amide bonds. The Balaban J connectivity index is 1.69. The molecule has 0 unspecified atom stereocenters. The van der Waals surface area contributed by atoms with E-state index in [1.54, 1.807) is 48.5 Å². The first-order valence-electron chi connectivity index (χ1n) is 9.43. The molecular formula is C26H16O4S2. The molecule has 0 aromatic heterocycles. The van der Waals surface area contributed by atoms with Crippen molar-refractivity contribution in [3.63, 3.8) is 0 Å². The summed E-state index contributed by atoms with van der Waals surface area (Å²) in [5, 5.41) is -0.00927. The van der Waals surface area contributed by atoms with Crippen LogP contribution in [-0.4, -0.2) is 21.8 Å². The molecule has 1 aliphatic rings. The summed E-state index contributed by atoms with van der Waals surface area (Å²) >= 11 is 2.26. The van der Waals surface area contributed by atoms with Crippen LogP contribution in [0.4, 0.5) is 0 Å². The molecule has 2 aromatic rings. The highest BCUT2D eigenvalue weighted by Crippen LogP contribution is 2.20. The van der Waals surface area contributed by atoms with E-state index >= 15 is 0 Å². The van der Waals surface area contributed by atoms with Gasteiger partial charge < -0.3 is 0 Å². The van der Waals surface area contributed by atoms with E-state index in [0.717, 1.165) is 33.3 Å². The van der Waals surface area contributed by atoms with Crippen molar-refractivity contribution < 1.29 is 19.2 Å². The van der Waals surface area contributed by atoms with E-state index in [1.165, 1.54) is 26.0 Å². The number of carbonyl (C=O) groups is 4. The van der Waals surface area contributed by atoms with Gasteiger partial charge in [-0.25, -0.2) is 0 Å². The zero-order valence-corrected chi connectivity index (χ0v) is 18.9. The predicted molar refractivity (Wildman–Crippen MR) is 126 cm³/mol. The molecule has 156 valence electrons. The minimum Gasteiger partial charge on any atom is -0.289 e. The van der Waals surface area contributed by atoms with Gasteiger partial charge in [0.25, 0.3) is 0 Å². The molecule has 0 saturated carbocycles. The Morgan fingerprint density at radius 1 is 0.594 bits per heavy atom. The molecule has 4 nitrogen and oxygen atoms in total. The second-order valence-corrected chi connectivity index (χ2v) is 9.08. The van der Waals surface area contributed by atoms with E-state index in [0.29, 0.717) is 11.1 Å². The van der Waals surface area contributed by atoms with Crippen LogP contribution in [-0.2, 0) is 19.2 Å². The third-order valence-electron chi connectivity index (χ3n) is 4.00. The Bertz CT molecular complexity index is 1190. The summed E-state index contributed by atoms with van der Waals surface area (Å²) in [5.74, 6) is 10.4. The number of carbonyl (C=O) groups excluding carboxylic acids is 4. The second-order valence-electron chi connectivity index (χ2n) is 6.58. The molecule has 0 radical (unpaired) electrons. The highest BCUT2D eigenvalue weighted by Gasteiger charge is 2.17. The lowest BCUT2D eigenvalue weighted by Crippen LogP contribution is -2.11. The number of ketones is 2. The SMILES string of the molecule is CC(=O)Sc1ccc(C#CC2=CC(=O)C(C#Cc3ccc(SC(C)=O)cc3)=CC2=O)cc1. The number of benzene rings is 2. The molecule has 0 bridgehead atoms. The largest absolute Gasteiger partial charge is 0.289 e. The number of hydrogen-bond donors (Lipinski definition) is 0. The van der Waals surface area contributed by atoms with Crippen LogP contribution in [0.3, 0.4) is 0 Å². The summed E-state index contributed by atoms with van der Waals surface area (Å²) in [6, 6.07) is 14.1. The zero-order valence-electron chi connectivity index (χ0n) is 17.2. The lowest BCUT2D eigenvalue weighted by atomic mass is 9.97.